The Morgan fingerprint density at radius 2 is 1.66 bits per heavy atom. The van der Waals surface area contributed by atoms with E-state index in [1.54, 1.807) is 7.11 Å². The Kier molecular flexibility index (Phi) is 6.20. The van der Waals surface area contributed by atoms with Gasteiger partial charge in [-0.3, -0.25) is 4.79 Å². The molecule has 4 aromatic rings. The number of hydrogen-bond donors (Lipinski definition) is 0. The lowest BCUT2D eigenvalue weighted by molar-refractivity contribution is -0.117. The summed E-state index contributed by atoms with van der Waals surface area (Å²) in [6.07, 6.45) is 0.448. The highest BCUT2D eigenvalue weighted by atomic mass is 16.5. The van der Waals surface area contributed by atoms with Crippen LogP contribution in [0.1, 0.15) is 34.9 Å². The van der Waals surface area contributed by atoms with Gasteiger partial charge in [0.05, 0.1) is 24.7 Å². The minimum atomic E-state index is 0.0151. The predicted molar refractivity (Wildman–Crippen MR) is 139 cm³/mol. The number of anilines is 1. The summed E-state index contributed by atoms with van der Waals surface area (Å²) in [5.74, 6) is 2.53. The molecule has 0 spiro atoms. The summed E-state index contributed by atoms with van der Waals surface area (Å²) in [5, 5.41) is 0. The van der Waals surface area contributed by atoms with E-state index < -0.39 is 0 Å². The molecular weight excluding hydrogens is 438 g/mol. The van der Waals surface area contributed by atoms with Gasteiger partial charge in [-0.1, -0.05) is 42.0 Å². The van der Waals surface area contributed by atoms with E-state index in [9.17, 15) is 4.79 Å². The summed E-state index contributed by atoms with van der Waals surface area (Å²) in [4.78, 5) is 20.1. The number of amides is 1. The maximum Gasteiger partial charge on any atom is 0.227 e. The predicted octanol–water partition coefficient (Wildman–Crippen LogP) is 5.57. The summed E-state index contributed by atoms with van der Waals surface area (Å²) in [5.41, 5.74) is 6.51. The van der Waals surface area contributed by atoms with Crippen molar-refractivity contribution in [2.24, 2.45) is 0 Å². The molecule has 1 saturated heterocycles. The molecule has 0 aliphatic carbocycles. The maximum absolute atomic E-state index is 13.2. The van der Waals surface area contributed by atoms with Gasteiger partial charge >= 0.3 is 0 Å². The number of aromatic nitrogens is 2. The standard InChI is InChI=1S/C29H31N3O3/c1-19-15-20(2)28(21(3)16-19)32-18-22(17-27(32)33)29-30-23-9-5-6-10-24(23)31(29)13-14-35-26-12-8-7-11-25(26)34-4/h5-12,15-16,22H,13-14,17-18H2,1-4H3/t22-/m1/s1. The molecule has 2 heterocycles. The molecule has 0 bridgehead atoms. The summed E-state index contributed by atoms with van der Waals surface area (Å²) in [7, 11) is 1.64. The zero-order valence-corrected chi connectivity index (χ0v) is 20.7. The van der Waals surface area contributed by atoms with Gasteiger partial charge in [-0.25, -0.2) is 4.98 Å². The normalized spacial score (nSPS) is 15.7. The van der Waals surface area contributed by atoms with Gasteiger partial charge in [-0.05, 0) is 56.2 Å². The van der Waals surface area contributed by atoms with Crippen LogP contribution in [0.4, 0.5) is 5.69 Å². The number of carbonyl (C=O) groups excluding carboxylic acids is 1. The Balaban J connectivity index is 1.43. The van der Waals surface area contributed by atoms with Gasteiger partial charge in [-0.15, -0.1) is 0 Å². The number of fused-ring (bicyclic) bond motifs is 1. The third kappa shape index (κ3) is 4.36. The summed E-state index contributed by atoms with van der Waals surface area (Å²) < 4.78 is 13.7. The summed E-state index contributed by atoms with van der Waals surface area (Å²) in [6.45, 7) is 7.98. The molecule has 1 amide bonds. The lowest BCUT2D eigenvalue weighted by atomic mass is 10.0. The highest BCUT2D eigenvalue weighted by Crippen LogP contribution is 2.36. The maximum atomic E-state index is 13.2. The number of hydrogen-bond acceptors (Lipinski definition) is 4. The van der Waals surface area contributed by atoms with E-state index in [1.807, 2.05) is 47.4 Å². The van der Waals surface area contributed by atoms with Crippen LogP contribution in [-0.2, 0) is 11.3 Å². The van der Waals surface area contributed by atoms with Crippen molar-refractivity contribution in [2.45, 2.75) is 39.7 Å². The molecule has 0 saturated carbocycles. The van der Waals surface area contributed by atoms with Crippen LogP contribution in [-0.4, -0.2) is 35.7 Å². The number of nitrogens with zero attached hydrogens (tertiary/aromatic N) is 3. The number of ether oxygens (including phenoxy) is 2. The number of imidazole rings is 1. The molecule has 0 N–H and O–H groups in total. The number of rotatable bonds is 7. The van der Waals surface area contributed by atoms with Gasteiger partial charge in [0.1, 0.15) is 12.4 Å². The summed E-state index contributed by atoms with van der Waals surface area (Å²) >= 11 is 0. The van der Waals surface area contributed by atoms with Gasteiger partial charge in [-0.2, -0.15) is 0 Å². The average molecular weight is 470 g/mol. The van der Waals surface area contributed by atoms with Crippen molar-refractivity contribution >= 4 is 22.6 Å². The third-order valence-corrected chi connectivity index (χ3v) is 6.72. The first-order valence-electron chi connectivity index (χ1n) is 12.1. The monoisotopic (exact) mass is 469 g/mol. The minimum Gasteiger partial charge on any atom is -0.493 e. The van der Waals surface area contributed by atoms with Crippen molar-refractivity contribution in [2.75, 3.05) is 25.2 Å². The highest BCUT2D eigenvalue weighted by molar-refractivity contribution is 5.98. The molecule has 6 heteroatoms. The van der Waals surface area contributed by atoms with E-state index in [1.165, 1.54) is 5.56 Å². The molecule has 5 rings (SSSR count). The molecule has 0 radical (unpaired) electrons. The van der Waals surface area contributed by atoms with Gasteiger partial charge in [0.2, 0.25) is 5.91 Å². The van der Waals surface area contributed by atoms with Crippen molar-refractivity contribution in [1.82, 2.24) is 9.55 Å². The molecule has 0 unspecified atom stereocenters. The Labute approximate surface area is 206 Å². The van der Waals surface area contributed by atoms with Gasteiger partial charge in [0, 0.05) is 24.6 Å². The van der Waals surface area contributed by atoms with Crippen LogP contribution in [0.5, 0.6) is 11.5 Å². The first-order valence-corrected chi connectivity index (χ1v) is 12.1. The van der Waals surface area contributed by atoms with Crippen LogP contribution in [0.2, 0.25) is 0 Å². The van der Waals surface area contributed by atoms with Crippen LogP contribution >= 0.6 is 0 Å². The lowest BCUT2D eigenvalue weighted by Crippen LogP contribution is -2.26. The number of para-hydroxylation sites is 4. The van der Waals surface area contributed by atoms with Crippen LogP contribution in [0.15, 0.2) is 60.7 Å². The molecule has 1 aliphatic rings. The van der Waals surface area contributed by atoms with E-state index in [0.717, 1.165) is 33.7 Å². The Morgan fingerprint density at radius 3 is 2.40 bits per heavy atom. The minimum absolute atomic E-state index is 0.0151. The fourth-order valence-electron chi connectivity index (χ4n) is 5.32. The molecule has 1 atom stereocenters. The zero-order valence-electron chi connectivity index (χ0n) is 20.7. The Morgan fingerprint density at radius 1 is 0.971 bits per heavy atom. The average Bonchev–Trinajstić information content (AvgIpc) is 3.39. The van der Waals surface area contributed by atoms with Crippen LogP contribution in [0, 0.1) is 20.8 Å². The SMILES string of the molecule is COc1ccccc1OCCn1c([C@@H]2CC(=O)N(c3c(C)cc(C)cc3C)C2)nc2ccccc21. The van der Waals surface area contributed by atoms with E-state index >= 15 is 0 Å². The second kappa shape index (κ2) is 9.45. The van der Waals surface area contributed by atoms with Gasteiger partial charge in [0.25, 0.3) is 0 Å². The highest BCUT2D eigenvalue weighted by Gasteiger charge is 2.36. The number of aryl methyl sites for hydroxylation is 3. The van der Waals surface area contributed by atoms with Crippen molar-refractivity contribution in [3.05, 3.63) is 83.2 Å². The first-order chi connectivity index (χ1) is 17.0. The van der Waals surface area contributed by atoms with Crippen LogP contribution in [0.3, 0.4) is 0 Å². The lowest BCUT2D eigenvalue weighted by Gasteiger charge is -2.22. The Bertz CT molecular complexity index is 1370. The molecule has 1 fully saturated rings. The summed E-state index contributed by atoms with van der Waals surface area (Å²) in [6, 6.07) is 20.1. The largest absolute Gasteiger partial charge is 0.493 e. The molecule has 1 aliphatic heterocycles. The fourth-order valence-corrected chi connectivity index (χ4v) is 5.32. The second-order valence-electron chi connectivity index (χ2n) is 9.26. The third-order valence-electron chi connectivity index (χ3n) is 6.72. The molecule has 1 aromatic heterocycles. The number of benzene rings is 3. The Hall–Kier alpha value is -3.80. The van der Waals surface area contributed by atoms with E-state index in [4.69, 9.17) is 14.5 Å². The van der Waals surface area contributed by atoms with Gasteiger partial charge in [0.15, 0.2) is 11.5 Å². The van der Waals surface area contributed by atoms with Crippen molar-refractivity contribution in [3.8, 4) is 11.5 Å². The molecule has 6 nitrogen and oxygen atoms in total. The number of methoxy groups -OCH3 is 1. The van der Waals surface area contributed by atoms with E-state index in [2.05, 4.69) is 43.5 Å². The topological polar surface area (TPSA) is 56.6 Å². The van der Waals surface area contributed by atoms with E-state index in [-0.39, 0.29) is 11.8 Å². The number of carbonyl (C=O) groups is 1. The second-order valence-corrected chi connectivity index (χ2v) is 9.26. The van der Waals surface area contributed by atoms with Crippen molar-refractivity contribution < 1.29 is 14.3 Å². The molecule has 3 aromatic carbocycles. The zero-order chi connectivity index (χ0) is 24.5. The van der Waals surface area contributed by atoms with E-state index in [0.29, 0.717) is 37.6 Å². The quantitative estimate of drug-likeness (QED) is 0.355. The van der Waals surface area contributed by atoms with Crippen LogP contribution < -0.4 is 14.4 Å². The first kappa shape index (κ1) is 23.0. The smallest absolute Gasteiger partial charge is 0.227 e. The molecule has 180 valence electrons. The van der Waals surface area contributed by atoms with Gasteiger partial charge < -0.3 is 18.9 Å². The fraction of sp³-hybridized carbons (Fsp3) is 0.310. The van der Waals surface area contributed by atoms with Crippen LogP contribution in [0.25, 0.3) is 11.0 Å². The molecule has 35 heavy (non-hydrogen) atoms. The van der Waals surface area contributed by atoms with Crippen molar-refractivity contribution in [3.63, 3.8) is 0 Å². The van der Waals surface area contributed by atoms with Crippen molar-refractivity contribution in [1.29, 1.82) is 0 Å². The molecular formula is C29H31N3O3.